The fourth-order valence-corrected chi connectivity index (χ4v) is 2.14. The summed E-state index contributed by atoms with van der Waals surface area (Å²) in [5.41, 5.74) is -3.42. The van der Waals surface area contributed by atoms with Gasteiger partial charge >= 0.3 is 23.9 Å². The monoisotopic (exact) mass is 471 g/mol. The van der Waals surface area contributed by atoms with Gasteiger partial charge in [0.15, 0.2) is 18.0 Å². The maximum atomic E-state index is 13.5. The van der Waals surface area contributed by atoms with Crippen molar-refractivity contribution in [2.75, 3.05) is 0 Å². The number of hydrogen-bond acceptors (Lipinski definition) is 7. The summed E-state index contributed by atoms with van der Waals surface area (Å²) < 4.78 is 53.1. The van der Waals surface area contributed by atoms with Gasteiger partial charge in [0, 0.05) is 0 Å². The van der Waals surface area contributed by atoms with Gasteiger partial charge < -0.3 is 20.2 Å². The fraction of sp³-hybridized carbons (Fsp3) is 0. The van der Waals surface area contributed by atoms with Crippen LogP contribution in [0.1, 0.15) is 41.4 Å². The van der Waals surface area contributed by atoms with Gasteiger partial charge in [-0.2, -0.15) is 0 Å². The number of hydrogen-bond donors (Lipinski definition) is 3. The van der Waals surface area contributed by atoms with Gasteiger partial charge in [0.25, 0.3) is 0 Å². The van der Waals surface area contributed by atoms with Crippen molar-refractivity contribution in [2.24, 2.45) is 0 Å². The summed E-state index contributed by atoms with van der Waals surface area (Å²) in [4.78, 5) is 51.0. The Balaban J connectivity index is 0.000000257. The maximum absolute atomic E-state index is 13.5. The molecule has 0 aliphatic rings. The van der Waals surface area contributed by atoms with E-state index in [1.165, 1.54) is 0 Å². The lowest BCUT2D eigenvalue weighted by Crippen LogP contribution is -2.23. The minimum Gasteiger partial charge on any atom is -0.478 e. The predicted molar refractivity (Wildman–Crippen MR) is 94.5 cm³/mol. The number of benzene rings is 2. The van der Waals surface area contributed by atoms with Crippen LogP contribution < -0.4 is 4.84 Å². The summed E-state index contributed by atoms with van der Waals surface area (Å²) in [6.07, 6.45) is 1.94. The van der Waals surface area contributed by atoms with Gasteiger partial charge in [0.2, 0.25) is 0 Å². The van der Waals surface area contributed by atoms with E-state index in [9.17, 15) is 36.7 Å². The maximum Gasteiger partial charge on any atom is 0.368 e. The number of carboxylic acid groups (broad SMARTS) is 3. The number of carbonyl (C=O) groups is 4. The molecule has 0 saturated carbocycles. The van der Waals surface area contributed by atoms with Crippen molar-refractivity contribution in [3.8, 4) is 0 Å². The first-order chi connectivity index (χ1) is 15.4. The Morgan fingerprint density at radius 3 is 1.97 bits per heavy atom. The number of carboxylic acids is 3. The zero-order valence-corrected chi connectivity index (χ0v) is 15.7. The predicted octanol–water partition coefficient (Wildman–Crippen LogP) is 1.88. The molecule has 2 aromatic carbocycles. The van der Waals surface area contributed by atoms with E-state index in [1.54, 1.807) is 0 Å². The van der Waals surface area contributed by atoms with Gasteiger partial charge in [0.05, 0.1) is 11.1 Å². The summed E-state index contributed by atoms with van der Waals surface area (Å²) in [5.74, 6) is -12.7. The Morgan fingerprint density at radius 2 is 1.48 bits per heavy atom. The molecule has 0 unspecified atom stereocenters. The van der Waals surface area contributed by atoms with Crippen molar-refractivity contribution < 1.29 is 56.9 Å². The third-order valence-corrected chi connectivity index (χ3v) is 3.61. The molecule has 172 valence electrons. The van der Waals surface area contributed by atoms with E-state index in [0.29, 0.717) is 10.9 Å². The van der Waals surface area contributed by atoms with Crippen molar-refractivity contribution >= 4 is 23.9 Å². The minimum atomic E-state index is -2.00. The zero-order chi connectivity index (χ0) is 24.9. The first-order valence-electron chi connectivity index (χ1n) is 8.18. The Bertz CT molecular complexity index is 1250. The Labute approximate surface area is 179 Å². The van der Waals surface area contributed by atoms with Crippen molar-refractivity contribution in [2.45, 2.75) is 0 Å². The van der Waals surface area contributed by atoms with Crippen molar-refractivity contribution in [3.63, 3.8) is 0 Å². The van der Waals surface area contributed by atoms with E-state index in [2.05, 4.69) is 14.9 Å². The largest absolute Gasteiger partial charge is 0.478 e. The van der Waals surface area contributed by atoms with Gasteiger partial charge in [-0.15, -0.1) is 5.10 Å². The van der Waals surface area contributed by atoms with Crippen LogP contribution in [0.3, 0.4) is 0 Å². The molecule has 0 aliphatic carbocycles. The number of aromatic carboxylic acids is 3. The lowest BCUT2D eigenvalue weighted by Gasteiger charge is -2.06. The molecule has 0 atom stereocenters. The molecule has 33 heavy (non-hydrogen) atoms. The van der Waals surface area contributed by atoms with Crippen molar-refractivity contribution in [3.05, 3.63) is 82.4 Å². The summed E-state index contributed by atoms with van der Waals surface area (Å²) in [6.45, 7) is 0. The van der Waals surface area contributed by atoms with Crippen LogP contribution in [0, 0.1) is 23.3 Å². The third kappa shape index (κ3) is 5.66. The van der Waals surface area contributed by atoms with Crippen molar-refractivity contribution in [1.82, 2.24) is 14.9 Å². The van der Waals surface area contributed by atoms with Crippen LogP contribution in [-0.4, -0.2) is 54.1 Å². The smallest absolute Gasteiger partial charge is 0.368 e. The summed E-state index contributed by atoms with van der Waals surface area (Å²) in [6, 6.07) is 2.85. The average molecular weight is 471 g/mol. The van der Waals surface area contributed by atoms with E-state index in [1.807, 2.05) is 0 Å². The van der Waals surface area contributed by atoms with Crippen LogP contribution in [0.25, 0.3) is 0 Å². The van der Waals surface area contributed by atoms with Crippen LogP contribution in [0.15, 0.2) is 36.9 Å². The zero-order valence-electron chi connectivity index (χ0n) is 15.7. The van der Waals surface area contributed by atoms with E-state index in [4.69, 9.17) is 15.3 Å². The highest BCUT2D eigenvalue weighted by Gasteiger charge is 2.27. The SMILES string of the molecule is O=C(O)c1ccc(C(=O)O)c(F)c1.O=C(On1cncn1)c1cc(F)c(C(=O)O)c(F)c1F. The second-order valence-corrected chi connectivity index (χ2v) is 5.70. The quantitative estimate of drug-likeness (QED) is 0.369. The first kappa shape index (κ1) is 24.4. The highest BCUT2D eigenvalue weighted by molar-refractivity contribution is 5.93. The number of rotatable bonds is 5. The molecule has 1 aromatic heterocycles. The summed E-state index contributed by atoms with van der Waals surface area (Å²) >= 11 is 0. The molecule has 0 saturated heterocycles. The molecule has 11 nitrogen and oxygen atoms in total. The molecular formula is C18H9F4N3O8. The lowest BCUT2D eigenvalue weighted by molar-refractivity contribution is 0.0383. The van der Waals surface area contributed by atoms with Gasteiger partial charge in [-0.25, -0.2) is 41.7 Å². The molecule has 3 aromatic rings. The number of halogens is 4. The highest BCUT2D eigenvalue weighted by Crippen LogP contribution is 2.20. The highest BCUT2D eigenvalue weighted by atomic mass is 19.2. The number of carbonyl (C=O) groups excluding carboxylic acids is 1. The van der Waals surface area contributed by atoms with E-state index in [0.717, 1.165) is 24.8 Å². The topological polar surface area (TPSA) is 169 Å². The van der Waals surface area contributed by atoms with E-state index in [-0.39, 0.29) is 11.6 Å². The Kier molecular flexibility index (Phi) is 7.40. The van der Waals surface area contributed by atoms with E-state index < -0.39 is 63.8 Å². The molecule has 0 radical (unpaired) electrons. The molecule has 0 amide bonds. The normalized spacial score (nSPS) is 10.1. The summed E-state index contributed by atoms with van der Waals surface area (Å²) in [5, 5.41) is 28.7. The van der Waals surface area contributed by atoms with Crippen LogP contribution in [0.5, 0.6) is 0 Å². The van der Waals surface area contributed by atoms with Gasteiger partial charge in [-0.1, -0.05) is 4.85 Å². The molecular weight excluding hydrogens is 462 g/mol. The molecule has 1 heterocycles. The molecule has 3 rings (SSSR count). The number of aromatic nitrogens is 3. The lowest BCUT2D eigenvalue weighted by atomic mass is 10.1. The van der Waals surface area contributed by atoms with Crippen molar-refractivity contribution in [1.29, 1.82) is 0 Å². The van der Waals surface area contributed by atoms with Crippen LogP contribution in [-0.2, 0) is 0 Å². The minimum absolute atomic E-state index is 0.223. The molecule has 0 bridgehead atoms. The molecule has 15 heteroatoms. The third-order valence-electron chi connectivity index (χ3n) is 3.61. The Morgan fingerprint density at radius 1 is 0.818 bits per heavy atom. The first-order valence-corrected chi connectivity index (χ1v) is 8.18. The second kappa shape index (κ2) is 9.99. The standard InChI is InChI=1S/C10H4F3N3O4.C8H5FO4/c11-5-1-4(7(12)8(13)6(5)9(17)18)10(19)20-16-3-14-2-15-16;9-6-3-4(7(10)11)1-2-5(6)8(12)13/h1-3H,(H,17,18);1-3H,(H,10,11)(H,12,13). The molecule has 0 aliphatic heterocycles. The summed E-state index contributed by atoms with van der Waals surface area (Å²) in [7, 11) is 0. The van der Waals surface area contributed by atoms with Gasteiger partial charge in [-0.3, -0.25) is 0 Å². The number of nitrogens with zero attached hydrogens (tertiary/aromatic N) is 3. The van der Waals surface area contributed by atoms with E-state index >= 15 is 0 Å². The molecule has 0 fully saturated rings. The average Bonchev–Trinajstić information content (AvgIpc) is 3.23. The van der Waals surface area contributed by atoms with Gasteiger partial charge in [0.1, 0.15) is 29.1 Å². The van der Waals surface area contributed by atoms with Crippen LogP contribution >= 0.6 is 0 Å². The molecule has 3 N–H and O–H groups in total. The Hall–Kier alpha value is -4.82. The second-order valence-electron chi connectivity index (χ2n) is 5.70. The molecule has 0 spiro atoms. The van der Waals surface area contributed by atoms with Gasteiger partial charge in [-0.05, 0) is 24.3 Å². The van der Waals surface area contributed by atoms with Crippen LogP contribution in [0.4, 0.5) is 17.6 Å². The van der Waals surface area contributed by atoms with Crippen LogP contribution in [0.2, 0.25) is 0 Å². The fourth-order valence-electron chi connectivity index (χ4n) is 2.14.